The smallest absolute Gasteiger partial charge is 0.0710 e. The molecule has 102 valence electrons. The number of H-pyrrole nitrogens is 1. The van der Waals surface area contributed by atoms with Crippen molar-refractivity contribution in [3.05, 3.63) is 36.3 Å². The first-order valence-corrected chi connectivity index (χ1v) is 6.70. The molecule has 0 fully saturated rings. The molecule has 0 amide bonds. The van der Waals surface area contributed by atoms with E-state index in [1.807, 2.05) is 24.5 Å². The minimum atomic E-state index is 0.371. The summed E-state index contributed by atoms with van der Waals surface area (Å²) in [7, 11) is 0. The van der Waals surface area contributed by atoms with Crippen molar-refractivity contribution in [1.82, 2.24) is 20.5 Å². The van der Waals surface area contributed by atoms with Crippen LogP contribution in [0.5, 0.6) is 0 Å². The highest BCUT2D eigenvalue weighted by Gasteiger charge is 2.10. The highest BCUT2D eigenvalue weighted by molar-refractivity contribution is 5.61. The first-order valence-electron chi connectivity index (χ1n) is 6.70. The number of nitrogens with zero attached hydrogens (tertiary/aromatic N) is 2. The zero-order chi connectivity index (χ0) is 13.7. The molecule has 19 heavy (non-hydrogen) atoms. The van der Waals surface area contributed by atoms with Gasteiger partial charge < -0.3 is 5.32 Å². The minimum Gasteiger partial charge on any atom is -0.313 e. The van der Waals surface area contributed by atoms with Gasteiger partial charge in [0, 0.05) is 30.1 Å². The van der Waals surface area contributed by atoms with E-state index in [-0.39, 0.29) is 0 Å². The van der Waals surface area contributed by atoms with Crippen LogP contribution in [0.1, 0.15) is 32.8 Å². The van der Waals surface area contributed by atoms with E-state index in [4.69, 9.17) is 0 Å². The van der Waals surface area contributed by atoms with Crippen molar-refractivity contribution in [3.63, 3.8) is 0 Å². The lowest BCUT2D eigenvalue weighted by molar-refractivity contribution is 0.367. The third kappa shape index (κ3) is 4.17. The van der Waals surface area contributed by atoms with Crippen LogP contribution in [0.4, 0.5) is 0 Å². The van der Waals surface area contributed by atoms with E-state index in [9.17, 15) is 0 Å². The third-order valence-corrected chi connectivity index (χ3v) is 3.04. The number of nitrogens with one attached hydrogen (secondary N) is 2. The second-order valence-corrected chi connectivity index (χ2v) is 6.00. The number of rotatable bonds is 5. The monoisotopic (exact) mass is 258 g/mol. The first-order chi connectivity index (χ1) is 9.06. The lowest BCUT2D eigenvalue weighted by Crippen LogP contribution is -2.20. The molecule has 0 aliphatic heterocycles. The number of pyridine rings is 1. The Hall–Kier alpha value is -1.68. The number of hydrogen-bond donors (Lipinski definition) is 2. The SMILES string of the molecule is CC(C)(C)CCNCc1cn[nH]c1-c1cccnc1. The van der Waals surface area contributed by atoms with Gasteiger partial charge in [0.2, 0.25) is 0 Å². The molecule has 2 rings (SSSR count). The summed E-state index contributed by atoms with van der Waals surface area (Å²) in [5.41, 5.74) is 3.68. The van der Waals surface area contributed by atoms with Gasteiger partial charge in [-0.15, -0.1) is 0 Å². The fraction of sp³-hybridized carbons (Fsp3) is 0.467. The van der Waals surface area contributed by atoms with E-state index in [1.54, 1.807) is 6.20 Å². The fourth-order valence-corrected chi connectivity index (χ4v) is 1.89. The lowest BCUT2D eigenvalue weighted by Gasteiger charge is -2.18. The van der Waals surface area contributed by atoms with Crippen LogP contribution in [0, 0.1) is 5.41 Å². The second-order valence-electron chi connectivity index (χ2n) is 6.00. The molecule has 0 saturated heterocycles. The molecule has 0 aliphatic carbocycles. The Morgan fingerprint density at radius 2 is 2.11 bits per heavy atom. The normalized spacial score (nSPS) is 11.7. The molecular weight excluding hydrogens is 236 g/mol. The molecule has 2 N–H and O–H groups in total. The third-order valence-electron chi connectivity index (χ3n) is 3.04. The summed E-state index contributed by atoms with van der Waals surface area (Å²) in [5, 5.41) is 10.7. The minimum absolute atomic E-state index is 0.371. The second kappa shape index (κ2) is 5.97. The van der Waals surface area contributed by atoms with Crippen molar-refractivity contribution < 1.29 is 0 Å². The van der Waals surface area contributed by atoms with Crippen LogP contribution in [-0.2, 0) is 6.54 Å². The molecule has 2 aromatic heterocycles. The van der Waals surface area contributed by atoms with Gasteiger partial charge in [-0.2, -0.15) is 5.10 Å². The zero-order valence-corrected chi connectivity index (χ0v) is 11.9. The Morgan fingerprint density at radius 1 is 1.26 bits per heavy atom. The summed E-state index contributed by atoms with van der Waals surface area (Å²) in [4.78, 5) is 4.14. The van der Waals surface area contributed by atoms with Gasteiger partial charge in [0.15, 0.2) is 0 Å². The Morgan fingerprint density at radius 3 is 2.79 bits per heavy atom. The van der Waals surface area contributed by atoms with Gasteiger partial charge in [0.1, 0.15) is 0 Å². The topological polar surface area (TPSA) is 53.6 Å². The van der Waals surface area contributed by atoms with Crippen LogP contribution in [-0.4, -0.2) is 21.7 Å². The molecule has 0 radical (unpaired) electrons. The van der Waals surface area contributed by atoms with Gasteiger partial charge in [-0.3, -0.25) is 10.1 Å². The summed E-state index contributed by atoms with van der Waals surface area (Å²) < 4.78 is 0. The van der Waals surface area contributed by atoms with E-state index < -0.39 is 0 Å². The van der Waals surface area contributed by atoms with Crippen LogP contribution in [0.15, 0.2) is 30.7 Å². The van der Waals surface area contributed by atoms with Crippen LogP contribution < -0.4 is 5.32 Å². The molecule has 0 aliphatic rings. The summed E-state index contributed by atoms with van der Waals surface area (Å²) in [6.07, 6.45) is 6.67. The molecule has 0 bridgehead atoms. The summed E-state index contributed by atoms with van der Waals surface area (Å²) in [5.74, 6) is 0. The highest BCUT2D eigenvalue weighted by Crippen LogP contribution is 2.20. The predicted molar refractivity (Wildman–Crippen MR) is 77.6 cm³/mol. The van der Waals surface area contributed by atoms with Crippen molar-refractivity contribution in [2.45, 2.75) is 33.7 Å². The largest absolute Gasteiger partial charge is 0.313 e. The van der Waals surface area contributed by atoms with Crippen LogP contribution in [0.2, 0.25) is 0 Å². The van der Waals surface area contributed by atoms with Crippen molar-refractivity contribution in [2.75, 3.05) is 6.54 Å². The first kappa shape index (κ1) is 13.7. The van der Waals surface area contributed by atoms with Gasteiger partial charge in [-0.25, -0.2) is 0 Å². The maximum atomic E-state index is 4.14. The maximum Gasteiger partial charge on any atom is 0.0710 e. The maximum absolute atomic E-state index is 4.14. The van der Waals surface area contributed by atoms with E-state index >= 15 is 0 Å². The summed E-state index contributed by atoms with van der Waals surface area (Å²) in [6.45, 7) is 8.62. The molecule has 4 heteroatoms. The van der Waals surface area contributed by atoms with Gasteiger partial charge in [-0.1, -0.05) is 20.8 Å². The summed E-state index contributed by atoms with van der Waals surface area (Å²) >= 11 is 0. The molecule has 4 nitrogen and oxygen atoms in total. The van der Waals surface area contributed by atoms with Crippen LogP contribution in [0.3, 0.4) is 0 Å². The van der Waals surface area contributed by atoms with E-state index in [0.717, 1.165) is 30.8 Å². The highest BCUT2D eigenvalue weighted by atomic mass is 15.1. The molecule has 2 heterocycles. The Kier molecular flexibility index (Phi) is 4.32. The predicted octanol–water partition coefficient (Wildman–Crippen LogP) is 3.00. The fourth-order valence-electron chi connectivity index (χ4n) is 1.89. The van der Waals surface area contributed by atoms with Crippen LogP contribution in [0.25, 0.3) is 11.3 Å². The Balaban J connectivity index is 1.94. The Labute approximate surface area is 114 Å². The molecule has 0 saturated carbocycles. The lowest BCUT2D eigenvalue weighted by atomic mass is 9.92. The van der Waals surface area contributed by atoms with Crippen molar-refractivity contribution in [1.29, 1.82) is 0 Å². The van der Waals surface area contributed by atoms with Crippen molar-refractivity contribution in [2.24, 2.45) is 5.41 Å². The zero-order valence-electron chi connectivity index (χ0n) is 11.9. The molecule has 0 atom stereocenters. The standard InChI is InChI=1S/C15H22N4/c1-15(2,3)6-8-17-10-13-11-18-19-14(13)12-5-4-7-16-9-12/h4-5,7,9,11,17H,6,8,10H2,1-3H3,(H,18,19). The molecular formula is C15H22N4. The van der Waals surface area contributed by atoms with Gasteiger partial charge in [-0.05, 0) is 30.5 Å². The molecule has 0 aromatic carbocycles. The van der Waals surface area contributed by atoms with E-state index in [2.05, 4.69) is 41.3 Å². The van der Waals surface area contributed by atoms with E-state index in [1.165, 1.54) is 5.56 Å². The van der Waals surface area contributed by atoms with E-state index in [0.29, 0.717) is 5.41 Å². The number of hydrogen-bond acceptors (Lipinski definition) is 3. The Bertz CT molecular complexity index is 496. The average molecular weight is 258 g/mol. The average Bonchev–Trinajstić information content (AvgIpc) is 2.83. The number of aromatic amines is 1. The molecule has 0 spiro atoms. The van der Waals surface area contributed by atoms with Gasteiger partial charge in [0.05, 0.1) is 11.9 Å². The summed E-state index contributed by atoms with van der Waals surface area (Å²) in [6, 6.07) is 3.98. The quantitative estimate of drug-likeness (QED) is 0.811. The van der Waals surface area contributed by atoms with Gasteiger partial charge in [0.25, 0.3) is 0 Å². The van der Waals surface area contributed by atoms with Crippen LogP contribution >= 0.6 is 0 Å². The van der Waals surface area contributed by atoms with Crippen molar-refractivity contribution >= 4 is 0 Å². The molecule has 2 aromatic rings. The molecule has 0 unspecified atom stereocenters. The van der Waals surface area contributed by atoms with Gasteiger partial charge >= 0.3 is 0 Å². The van der Waals surface area contributed by atoms with Crippen molar-refractivity contribution in [3.8, 4) is 11.3 Å². The number of aromatic nitrogens is 3.